The van der Waals surface area contributed by atoms with Gasteiger partial charge in [0.1, 0.15) is 5.75 Å². The molecule has 0 saturated carbocycles. The lowest BCUT2D eigenvalue weighted by Gasteiger charge is -2.11. The summed E-state index contributed by atoms with van der Waals surface area (Å²) < 4.78 is 5.04. The summed E-state index contributed by atoms with van der Waals surface area (Å²) in [6.45, 7) is 2.08. The van der Waals surface area contributed by atoms with Crippen LogP contribution in [0.2, 0.25) is 0 Å². The molecule has 0 radical (unpaired) electrons. The van der Waals surface area contributed by atoms with Crippen LogP contribution in [0.15, 0.2) is 24.3 Å². The highest BCUT2D eigenvalue weighted by atomic mass is 16.5. The number of methoxy groups -OCH3 is 1. The first-order chi connectivity index (χ1) is 8.17. The second kappa shape index (κ2) is 6.91. The fraction of sp³-hybridized carbons (Fsp3) is 0.462. The van der Waals surface area contributed by atoms with Gasteiger partial charge in [-0.15, -0.1) is 0 Å². The second-order valence-electron chi connectivity index (χ2n) is 3.97. The highest BCUT2D eigenvalue weighted by Gasteiger charge is 2.12. The molecule has 94 valence electrons. The molecule has 1 aromatic carbocycles. The van der Waals surface area contributed by atoms with Gasteiger partial charge in [-0.1, -0.05) is 19.8 Å². The van der Waals surface area contributed by atoms with E-state index in [9.17, 15) is 4.79 Å². The van der Waals surface area contributed by atoms with Crippen LogP contribution in [0.3, 0.4) is 0 Å². The third kappa shape index (κ3) is 4.44. The maximum Gasteiger partial charge on any atom is 0.241 e. The van der Waals surface area contributed by atoms with Gasteiger partial charge < -0.3 is 15.8 Å². The molecule has 0 aliphatic heterocycles. The molecule has 4 nitrogen and oxygen atoms in total. The van der Waals surface area contributed by atoms with E-state index in [1.165, 1.54) is 0 Å². The molecule has 0 aliphatic rings. The van der Waals surface area contributed by atoms with Crippen molar-refractivity contribution in [2.24, 2.45) is 5.73 Å². The zero-order valence-corrected chi connectivity index (χ0v) is 10.4. The Balaban J connectivity index is 2.49. The van der Waals surface area contributed by atoms with Crippen molar-refractivity contribution < 1.29 is 9.53 Å². The Bertz CT molecular complexity index is 349. The Labute approximate surface area is 102 Å². The molecule has 0 saturated heterocycles. The third-order valence-electron chi connectivity index (χ3n) is 2.56. The maximum absolute atomic E-state index is 11.7. The zero-order valence-electron chi connectivity index (χ0n) is 10.4. The first-order valence-corrected chi connectivity index (χ1v) is 5.88. The molecular weight excluding hydrogens is 216 g/mol. The summed E-state index contributed by atoms with van der Waals surface area (Å²) in [7, 11) is 1.61. The number of amides is 1. The topological polar surface area (TPSA) is 64.4 Å². The van der Waals surface area contributed by atoms with Gasteiger partial charge in [-0.3, -0.25) is 4.79 Å². The predicted octanol–water partition coefficient (Wildman–Crippen LogP) is 2.15. The first-order valence-electron chi connectivity index (χ1n) is 5.88. The zero-order chi connectivity index (χ0) is 12.7. The van der Waals surface area contributed by atoms with Gasteiger partial charge in [0.25, 0.3) is 0 Å². The minimum Gasteiger partial charge on any atom is -0.497 e. The number of hydrogen-bond donors (Lipinski definition) is 2. The number of nitrogens with one attached hydrogen (secondary N) is 1. The molecule has 1 atom stereocenters. The molecule has 1 unspecified atom stereocenters. The third-order valence-corrected chi connectivity index (χ3v) is 2.56. The summed E-state index contributed by atoms with van der Waals surface area (Å²) >= 11 is 0. The molecule has 1 rings (SSSR count). The summed E-state index contributed by atoms with van der Waals surface area (Å²) in [4.78, 5) is 11.7. The van der Waals surface area contributed by atoms with Crippen LogP contribution in [-0.2, 0) is 4.79 Å². The van der Waals surface area contributed by atoms with Crippen LogP contribution >= 0.6 is 0 Å². The fourth-order valence-electron chi connectivity index (χ4n) is 1.46. The van der Waals surface area contributed by atoms with E-state index in [1.807, 2.05) is 0 Å². The van der Waals surface area contributed by atoms with Crippen molar-refractivity contribution in [2.75, 3.05) is 12.4 Å². The molecule has 4 heteroatoms. The standard InChI is InChI=1S/C13H20N2O2/c1-3-4-5-12(14)13(16)15-10-6-8-11(17-2)9-7-10/h6-9,12H,3-5,14H2,1-2H3,(H,15,16). The van der Waals surface area contributed by atoms with Crippen LogP contribution in [0, 0.1) is 0 Å². The van der Waals surface area contributed by atoms with Gasteiger partial charge in [-0.25, -0.2) is 0 Å². The van der Waals surface area contributed by atoms with Crippen LogP contribution in [0.25, 0.3) is 0 Å². The summed E-state index contributed by atoms with van der Waals surface area (Å²) in [5, 5.41) is 2.78. The monoisotopic (exact) mass is 236 g/mol. The van der Waals surface area contributed by atoms with Gasteiger partial charge in [0.05, 0.1) is 13.2 Å². The number of nitrogens with two attached hydrogens (primary N) is 1. The van der Waals surface area contributed by atoms with Crippen molar-refractivity contribution in [1.29, 1.82) is 0 Å². The lowest BCUT2D eigenvalue weighted by atomic mass is 10.1. The van der Waals surface area contributed by atoms with Gasteiger partial charge in [-0.2, -0.15) is 0 Å². The van der Waals surface area contributed by atoms with Crippen molar-refractivity contribution in [1.82, 2.24) is 0 Å². The van der Waals surface area contributed by atoms with Crippen molar-refractivity contribution in [2.45, 2.75) is 32.2 Å². The number of unbranched alkanes of at least 4 members (excludes halogenated alkanes) is 1. The molecule has 0 fully saturated rings. The van der Waals surface area contributed by atoms with E-state index < -0.39 is 6.04 Å². The molecule has 0 bridgehead atoms. The molecule has 17 heavy (non-hydrogen) atoms. The van der Waals surface area contributed by atoms with Crippen LogP contribution in [0.1, 0.15) is 26.2 Å². The van der Waals surface area contributed by atoms with Crippen LogP contribution < -0.4 is 15.8 Å². The van der Waals surface area contributed by atoms with E-state index in [2.05, 4.69) is 12.2 Å². The normalized spacial score (nSPS) is 11.9. The summed E-state index contributed by atoms with van der Waals surface area (Å²) in [5.74, 6) is 0.627. The van der Waals surface area contributed by atoms with Crippen LogP contribution in [-0.4, -0.2) is 19.1 Å². The fourth-order valence-corrected chi connectivity index (χ4v) is 1.46. The number of rotatable bonds is 6. The quantitative estimate of drug-likeness (QED) is 0.795. The number of ether oxygens (including phenoxy) is 1. The first kappa shape index (κ1) is 13.5. The molecule has 1 amide bonds. The Morgan fingerprint density at radius 1 is 1.41 bits per heavy atom. The Morgan fingerprint density at radius 3 is 2.59 bits per heavy atom. The van der Waals surface area contributed by atoms with Crippen molar-refractivity contribution in [3.8, 4) is 5.75 Å². The molecule has 3 N–H and O–H groups in total. The molecular formula is C13H20N2O2. The average molecular weight is 236 g/mol. The Morgan fingerprint density at radius 2 is 2.06 bits per heavy atom. The molecule has 0 spiro atoms. The lowest BCUT2D eigenvalue weighted by molar-refractivity contribution is -0.117. The van der Waals surface area contributed by atoms with Crippen molar-refractivity contribution in [3.05, 3.63) is 24.3 Å². The highest BCUT2D eigenvalue weighted by molar-refractivity contribution is 5.94. The van der Waals surface area contributed by atoms with E-state index in [0.29, 0.717) is 0 Å². The Hall–Kier alpha value is -1.55. The van der Waals surface area contributed by atoms with Gasteiger partial charge >= 0.3 is 0 Å². The van der Waals surface area contributed by atoms with Gasteiger partial charge in [0.15, 0.2) is 0 Å². The highest BCUT2D eigenvalue weighted by Crippen LogP contribution is 2.15. The lowest BCUT2D eigenvalue weighted by Crippen LogP contribution is -2.35. The molecule has 0 aliphatic carbocycles. The number of carbonyl (C=O) groups is 1. The smallest absolute Gasteiger partial charge is 0.241 e. The molecule has 0 aromatic heterocycles. The summed E-state index contributed by atoms with van der Waals surface area (Å²) in [6, 6.07) is 6.75. The SMILES string of the molecule is CCCCC(N)C(=O)Nc1ccc(OC)cc1. The molecule has 1 aromatic rings. The minimum atomic E-state index is -0.433. The average Bonchev–Trinajstić information content (AvgIpc) is 2.36. The summed E-state index contributed by atoms with van der Waals surface area (Å²) in [5.41, 5.74) is 6.51. The number of benzene rings is 1. The van der Waals surface area contributed by atoms with E-state index in [4.69, 9.17) is 10.5 Å². The largest absolute Gasteiger partial charge is 0.497 e. The van der Waals surface area contributed by atoms with Gasteiger partial charge in [0.2, 0.25) is 5.91 Å². The maximum atomic E-state index is 11.7. The number of carbonyl (C=O) groups excluding carboxylic acids is 1. The van der Waals surface area contributed by atoms with E-state index in [0.717, 1.165) is 30.7 Å². The second-order valence-corrected chi connectivity index (χ2v) is 3.97. The minimum absolute atomic E-state index is 0.136. The number of hydrogen-bond acceptors (Lipinski definition) is 3. The van der Waals surface area contributed by atoms with Crippen molar-refractivity contribution >= 4 is 11.6 Å². The van der Waals surface area contributed by atoms with Crippen LogP contribution in [0.5, 0.6) is 5.75 Å². The molecule has 0 heterocycles. The summed E-state index contributed by atoms with van der Waals surface area (Å²) in [6.07, 6.45) is 2.74. The van der Waals surface area contributed by atoms with Crippen LogP contribution in [0.4, 0.5) is 5.69 Å². The van der Waals surface area contributed by atoms with Gasteiger partial charge in [-0.05, 0) is 30.7 Å². The van der Waals surface area contributed by atoms with E-state index in [-0.39, 0.29) is 5.91 Å². The van der Waals surface area contributed by atoms with E-state index in [1.54, 1.807) is 31.4 Å². The Kier molecular flexibility index (Phi) is 5.49. The van der Waals surface area contributed by atoms with Crippen molar-refractivity contribution in [3.63, 3.8) is 0 Å². The van der Waals surface area contributed by atoms with E-state index >= 15 is 0 Å². The predicted molar refractivity (Wildman–Crippen MR) is 69.1 cm³/mol. The van der Waals surface area contributed by atoms with Gasteiger partial charge in [0, 0.05) is 5.69 Å². The number of anilines is 1.